The molecule has 0 aromatic heterocycles. The highest BCUT2D eigenvalue weighted by atomic mass is 35.5. The molecule has 1 fully saturated rings. The Balaban J connectivity index is 0.00000180. The number of hydrogen-bond acceptors (Lipinski definition) is 2. The summed E-state index contributed by atoms with van der Waals surface area (Å²) in [4.78, 5) is 11.1. The molecule has 0 spiro atoms. The molecule has 0 radical (unpaired) electrons. The standard InChI is InChI=1S/C10H6Cl3F2NO2.ClH/c11-4-1-2-5(12)7(13)6(4)8-10(14,15)3-18-9(17)16-8;/h1-2,8H,3H2,(H,16,17);1H/t8-;/m0./s1. The smallest absolute Gasteiger partial charge is 0.408 e. The molecule has 0 aliphatic carbocycles. The molecule has 1 amide bonds. The summed E-state index contributed by atoms with van der Waals surface area (Å²) in [6.07, 6.45) is -0.960. The van der Waals surface area contributed by atoms with E-state index in [0.29, 0.717) is 0 Å². The van der Waals surface area contributed by atoms with Crippen molar-refractivity contribution in [1.82, 2.24) is 5.32 Å². The lowest BCUT2D eigenvalue weighted by atomic mass is 10.00. The van der Waals surface area contributed by atoms with Crippen LogP contribution in [0.2, 0.25) is 15.1 Å². The second kappa shape index (κ2) is 5.87. The summed E-state index contributed by atoms with van der Waals surface area (Å²) in [5, 5.41) is 1.95. The Bertz CT molecular complexity index is 513. The maximum absolute atomic E-state index is 13.7. The van der Waals surface area contributed by atoms with Gasteiger partial charge in [0.05, 0.1) is 10.0 Å². The van der Waals surface area contributed by atoms with Crippen molar-refractivity contribution >= 4 is 53.3 Å². The average Bonchev–Trinajstić information content (AvgIpc) is 2.29. The zero-order valence-electron chi connectivity index (χ0n) is 9.05. The van der Waals surface area contributed by atoms with Gasteiger partial charge in [-0.05, 0) is 12.1 Å². The van der Waals surface area contributed by atoms with Crippen molar-refractivity contribution in [2.24, 2.45) is 0 Å². The van der Waals surface area contributed by atoms with Crippen LogP contribution in [-0.4, -0.2) is 18.6 Å². The first kappa shape index (κ1) is 16.6. The Hall–Kier alpha value is -0.490. The van der Waals surface area contributed by atoms with E-state index in [1.165, 1.54) is 12.1 Å². The Morgan fingerprint density at radius 1 is 1.26 bits per heavy atom. The third kappa shape index (κ3) is 3.16. The normalized spacial score (nSPS) is 21.1. The van der Waals surface area contributed by atoms with Crippen molar-refractivity contribution in [3.8, 4) is 0 Å². The van der Waals surface area contributed by atoms with Crippen LogP contribution in [-0.2, 0) is 4.74 Å². The highest BCUT2D eigenvalue weighted by molar-refractivity contribution is 6.44. The monoisotopic (exact) mass is 351 g/mol. The SMILES string of the molecule is Cl.O=C1N[C@@H](c2c(Cl)ccc(Cl)c2Cl)C(F)(F)CO1. The largest absolute Gasteiger partial charge is 0.443 e. The lowest BCUT2D eigenvalue weighted by Crippen LogP contribution is -2.49. The summed E-state index contributed by atoms with van der Waals surface area (Å²) in [5.41, 5.74) is -0.118. The fraction of sp³-hybridized carbons (Fsp3) is 0.300. The molecule has 2 rings (SSSR count). The average molecular weight is 353 g/mol. The van der Waals surface area contributed by atoms with Crippen LogP contribution < -0.4 is 5.32 Å². The first-order valence-electron chi connectivity index (χ1n) is 4.77. The summed E-state index contributed by atoms with van der Waals surface area (Å²) in [6.45, 7) is -1.04. The van der Waals surface area contributed by atoms with Crippen molar-refractivity contribution in [3.63, 3.8) is 0 Å². The van der Waals surface area contributed by atoms with Gasteiger partial charge in [0.25, 0.3) is 0 Å². The molecule has 9 heteroatoms. The molecule has 0 bridgehead atoms. The molecule has 3 nitrogen and oxygen atoms in total. The van der Waals surface area contributed by atoms with Gasteiger partial charge in [0.15, 0.2) is 6.61 Å². The van der Waals surface area contributed by atoms with Crippen molar-refractivity contribution in [2.45, 2.75) is 12.0 Å². The first-order chi connectivity index (χ1) is 8.33. The summed E-state index contributed by atoms with van der Waals surface area (Å²) in [5.74, 6) is -3.33. The minimum atomic E-state index is -3.33. The third-order valence-electron chi connectivity index (χ3n) is 2.45. The molecular weight excluding hydrogens is 346 g/mol. The molecule has 1 heterocycles. The van der Waals surface area contributed by atoms with Crippen molar-refractivity contribution < 1.29 is 18.3 Å². The van der Waals surface area contributed by atoms with E-state index in [9.17, 15) is 13.6 Å². The summed E-state index contributed by atoms with van der Waals surface area (Å²) >= 11 is 17.5. The minimum absolute atomic E-state index is 0. The molecule has 19 heavy (non-hydrogen) atoms. The van der Waals surface area contributed by atoms with Gasteiger partial charge in [-0.25, -0.2) is 13.6 Å². The number of nitrogens with one attached hydrogen (secondary N) is 1. The van der Waals surface area contributed by atoms with E-state index in [2.05, 4.69) is 4.74 Å². The number of amides is 1. The number of carbonyl (C=O) groups excluding carboxylic acids is 1. The molecule has 1 aromatic rings. The molecule has 1 saturated heterocycles. The van der Waals surface area contributed by atoms with Gasteiger partial charge in [-0.15, -0.1) is 12.4 Å². The maximum Gasteiger partial charge on any atom is 0.408 e. The number of halogens is 6. The Kier molecular flexibility index (Phi) is 5.12. The number of rotatable bonds is 1. The van der Waals surface area contributed by atoms with E-state index in [-0.39, 0.29) is 33.0 Å². The molecule has 0 unspecified atom stereocenters. The molecule has 1 aliphatic heterocycles. The second-order valence-corrected chi connectivity index (χ2v) is 4.86. The van der Waals surface area contributed by atoms with Crippen LogP contribution in [0.25, 0.3) is 0 Å². The summed E-state index contributed by atoms with van der Waals surface area (Å²) in [6, 6.07) is 1.05. The Morgan fingerprint density at radius 2 is 1.84 bits per heavy atom. The Morgan fingerprint density at radius 3 is 2.47 bits per heavy atom. The van der Waals surface area contributed by atoms with Gasteiger partial charge >= 0.3 is 12.0 Å². The zero-order valence-corrected chi connectivity index (χ0v) is 12.1. The van der Waals surface area contributed by atoms with E-state index in [0.717, 1.165) is 0 Å². The van der Waals surface area contributed by atoms with Crippen LogP contribution in [0, 0.1) is 0 Å². The molecule has 1 aromatic carbocycles. The number of benzene rings is 1. The van der Waals surface area contributed by atoms with Gasteiger partial charge in [0, 0.05) is 10.6 Å². The lowest BCUT2D eigenvalue weighted by Gasteiger charge is -2.32. The van der Waals surface area contributed by atoms with Crippen LogP contribution in [0.3, 0.4) is 0 Å². The Labute approximate surface area is 128 Å². The summed E-state index contributed by atoms with van der Waals surface area (Å²) in [7, 11) is 0. The van der Waals surface area contributed by atoms with Crippen molar-refractivity contribution in [3.05, 3.63) is 32.8 Å². The van der Waals surface area contributed by atoms with Crippen LogP contribution >= 0.6 is 47.2 Å². The van der Waals surface area contributed by atoms with Gasteiger partial charge in [-0.3, -0.25) is 0 Å². The fourth-order valence-corrected chi connectivity index (χ4v) is 2.35. The first-order valence-corrected chi connectivity index (χ1v) is 5.91. The van der Waals surface area contributed by atoms with Gasteiger partial charge in [-0.2, -0.15) is 0 Å². The predicted molar refractivity (Wildman–Crippen MR) is 70.9 cm³/mol. The number of cyclic esters (lactones) is 1. The van der Waals surface area contributed by atoms with Crippen molar-refractivity contribution in [2.75, 3.05) is 6.61 Å². The maximum atomic E-state index is 13.7. The number of hydrogen-bond donors (Lipinski definition) is 1. The minimum Gasteiger partial charge on any atom is -0.443 e. The second-order valence-electron chi connectivity index (χ2n) is 3.67. The molecule has 0 saturated carbocycles. The zero-order chi connectivity index (χ0) is 13.5. The number of alkyl carbamates (subject to hydrolysis) is 1. The third-order valence-corrected chi connectivity index (χ3v) is 3.60. The molecule has 106 valence electrons. The van der Waals surface area contributed by atoms with Crippen molar-refractivity contribution in [1.29, 1.82) is 0 Å². The van der Waals surface area contributed by atoms with E-state index < -0.39 is 24.7 Å². The number of alkyl halides is 2. The van der Waals surface area contributed by atoms with E-state index in [1.54, 1.807) is 0 Å². The van der Waals surface area contributed by atoms with E-state index in [1.807, 2.05) is 5.32 Å². The number of ether oxygens (including phenoxy) is 1. The molecular formula is C10H7Cl4F2NO2. The molecule has 1 N–H and O–H groups in total. The van der Waals surface area contributed by atoms with Crippen LogP contribution in [0.5, 0.6) is 0 Å². The van der Waals surface area contributed by atoms with E-state index >= 15 is 0 Å². The van der Waals surface area contributed by atoms with Gasteiger partial charge in [-0.1, -0.05) is 34.8 Å². The van der Waals surface area contributed by atoms with Crippen LogP contribution in [0.4, 0.5) is 13.6 Å². The van der Waals surface area contributed by atoms with Gasteiger partial charge in [0.1, 0.15) is 6.04 Å². The summed E-state index contributed by atoms with van der Waals surface area (Å²) < 4.78 is 31.7. The quantitative estimate of drug-likeness (QED) is 0.756. The number of carbonyl (C=O) groups is 1. The topological polar surface area (TPSA) is 38.3 Å². The highest BCUT2D eigenvalue weighted by Gasteiger charge is 2.48. The molecule has 1 atom stereocenters. The van der Waals surface area contributed by atoms with E-state index in [4.69, 9.17) is 34.8 Å². The predicted octanol–water partition coefficient (Wildman–Crippen LogP) is 4.48. The van der Waals surface area contributed by atoms with Crippen LogP contribution in [0.15, 0.2) is 12.1 Å². The van der Waals surface area contributed by atoms with Gasteiger partial charge in [0.2, 0.25) is 0 Å². The lowest BCUT2D eigenvalue weighted by molar-refractivity contribution is -0.104. The molecule has 1 aliphatic rings. The van der Waals surface area contributed by atoms with Gasteiger partial charge < -0.3 is 10.1 Å². The van der Waals surface area contributed by atoms with Crippen LogP contribution in [0.1, 0.15) is 11.6 Å². The fourth-order valence-electron chi connectivity index (χ4n) is 1.60. The highest BCUT2D eigenvalue weighted by Crippen LogP contribution is 2.43.